The van der Waals surface area contributed by atoms with Gasteiger partial charge in [-0.05, 0) is 46.6 Å². The maximum Gasteiger partial charge on any atom is 0.335 e. The van der Waals surface area contributed by atoms with Crippen molar-refractivity contribution in [2.75, 3.05) is 18.4 Å². The van der Waals surface area contributed by atoms with Gasteiger partial charge < -0.3 is 15.7 Å². The molecule has 1 saturated heterocycles. The molecular formula is C13H15BrN2O3. The summed E-state index contributed by atoms with van der Waals surface area (Å²) >= 11 is 3.27. The standard InChI is InChI=1S/C13H15BrN2O3/c1-7-5-15-6-9(7)12(17)16-11-3-2-8(13(18)19)4-10(11)14/h2-4,7,9,15H,5-6H2,1H3,(H,16,17)(H,18,19)/t7-,9-/m1/s1. The molecule has 3 N–H and O–H groups in total. The molecule has 1 heterocycles. The Kier molecular flexibility index (Phi) is 4.21. The number of hydrogen-bond donors (Lipinski definition) is 3. The van der Waals surface area contributed by atoms with E-state index in [1.54, 1.807) is 6.07 Å². The Hall–Kier alpha value is -1.40. The molecule has 0 aliphatic carbocycles. The second-order valence-corrected chi connectivity index (χ2v) is 5.59. The molecule has 0 unspecified atom stereocenters. The van der Waals surface area contributed by atoms with E-state index in [1.807, 2.05) is 6.92 Å². The fraction of sp³-hybridized carbons (Fsp3) is 0.385. The largest absolute Gasteiger partial charge is 0.478 e. The molecule has 1 aromatic carbocycles. The lowest BCUT2D eigenvalue weighted by atomic mass is 9.97. The smallest absolute Gasteiger partial charge is 0.335 e. The van der Waals surface area contributed by atoms with E-state index >= 15 is 0 Å². The molecule has 2 atom stereocenters. The molecule has 1 aliphatic heterocycles. The van der Waals surface area contributed by atoms with E-state index < -0.39 is 5.97 Å². The third-order valence-corrected chi connectivity index (χ3v) is 3.98. The number of rotatable bonds is 3. The zero-order chi connectivity index (χ0) is 14.0. The predicted molar refractivity (Wildman–Crippen MR) is 75.3 cm³/mol. The Morgan fingerprint density at radius 1 is 1.42 bits per heavy atom. The van der Waals surface area contributed by atoms with Gasteiger partial charge in [0, 0.05) is 11.0 Å². The van der Waals surface area contributed by atoms with Gasteiger partial charge >= 0.3 is 5.97 Å². The van der Waals surface area contributed by atoms with Crippen molar-refractivity contribution >= 4 is 33.5 Å². The zero-order valence-electron chi connectivity index (χ0n) is 10.4. The summed E-state index contributed by atoms with van der Waals surface area (Å²) in [5.41, 5.74) is 0.773. The van der Waals surface area contributed by atoms with Crippen LogP contribution in [0.25, 0.3) is 0 Å². The molecular weight excluding hydrogens is 312 g/mol. The minimum absolute atomic E-state index is 0.0405. The maximum absolute atomic E-state index is 12.1. The molecule has 1 aliphatic rings. The average Bonchev–Trinajstić information content (AvgIpc) is 2.77. The second kappa shape index (κ2) is 5.71. The highest BCUT2D eigenvalue weighted by atomic mass is 79.9. The minimum Gasteiger partial charge on any atom is -0.478 e. The molecule has 1 amide bonds. The molecule has 1 fully saturated rings. The van der Waals surface area contributed by atoms with Crippen LogP contribution in [-0.4, -0.2) is 30.1 Å². The van der Waals surface area contributed by atoms with Crippen molar-refractivity contribution in [3.8, 4) is 0 Å². The van der Waals surface area contributed by atoms with E-state index in [9.17, 15) is 9.59 Å². The summed E-state index contributed by atoms with van der Waals surface area (Å²) in [5.74, 6) is -0.781. The Labute approximate surface area is 119 Å². The van der Waals surface area contributed by atoms with Crippen LogP contribution in [0, 0.1) is 11.8 Å². The lowest BCUT2D eigenvalue weighted by molar-refractivity contribution is -0.120. The first-order valence-corrected chi connectivity index (χ1v) is 6.82. The molecule has 0 aromatic heterocycles. The first kappa shape index (κ1) is 14.0. The van der Waals surface area contributed by atoms with Crippen molar-refractivity contribution in [1.29, 1.82) is 0 Å². The van der Waals surface area contributed by atoms with Crippen molar-refractivity contribution in [1.82, 2.24) is 5.32 Å². The number of benzene rings is 1. The summed E-state index contributed by atoms with van der Waals surface area (Å²) in [7, 11) is 0. The van der Waals surface area contributed by atoms with Gasteiger partial charge in [-0.25, -0.2) is 4.79 Å². The van der Waals surface area contributed by atoms with Gasteiger partial charge in [0.05, 0.1) is 17.2 Å². The van der Waals surface area contributed by atoms with Crippen molar-refractivity contribution < 1.29 is 14.7 Å². The van der Waals surface area contributed by atoms with E-state index in [1.165, 1.54) is 12.1 Å². The first-order valence-electron chi connectivity index (χ1n) is 6.03. The van der Waals surface area contributed by atoms with Crippen LogP contribution < -0.4 is 10.6 Å². The topological polar surface area (TPSA) is 78.4 Å². The highest BCUT2D eigenvalue weighted by molar-refractivity contribution is 9.10. The van der Waals surface area contributed by atoms with Gasteiger partial charge in [0.2, 0.25) is 5.91 Å². The molecule has 1 aromatic rings. The Morgan fingerprint density at radius 3 is 2.68 bits per heavy atom. The van der Waals surface area contributed by atoms with Crippen molar-refractivity contribution in [3.63, 3.8) is 0 Å². The lowest BCUT2D eigenvalue weighted by Crippen LogP contribution is -2.28. The summed E-state index contributed by atoms with van der Waals surface area (Å²) < 4.78 is 0.569. The number of amides is 1. The van der Waals surface area contributed by atoms with Crippen molar-refractivity contribution in [2.24, 2.45) is 11.8 Å². The normalized spacial score (nSPS) is 22.2. The average molecular weight is 327 g/mol. The third-order valence-electron chi connectivity index (χ3n) is 3.33. The number of nitrogens with one attached hydrogen (secondary N) is 2. The lowest BCUT2D eigenvalue weighted by Gasteiger charge is -2.15. The number of carboxylic acids is 1. The fourth-order valence-corrected chi connectivity index (χ4v) is 2.61. The van der Waals surface area contributed by atoms with Gasteiger partial charge in [0.25, 0.3) is 0 Å². The molecule has 102 valence electrons. The Morgan fingerprint density at radius 2 is 2.16 bits per heavy atom. The van der Waals surface area contributed by atoms with Crippen LogP contribution >= 0.6 is 15.9 Å². The van der Waals surface area contributed by atoms with Crippen molar-refractivity contribution in [3.05, 3.63) is 28.2 Å². The number of aromatic carboxylic acids is 1. The molecule has 6 heteroatoms. The molecule has 19 heavy (non-hydrogen) atoms. The third kappa shape index (κ3) is 3.13. The first-order chi connectivity index (χ1) is 8.99. The van der Waals surface area contributed by atoms with Crippen LogP contribution in [0.15, 0.2) is 22.7 Å². The van der Waals surface area contributed by atoms with E-state index in [2.05, 4.69) is 26.6 Å². The van der Waals surface area contributed by atoms with Crippen molar-refractivity contribution in [2.45, 2.75) is 6.92 Å². The summed E-state index contributed by atoms with van der Waals surface area (Å²) in [4.78, 5) is 22.9. The highest BCUT2D eigenvalue weighted by Crippen LogP contribution is 2.25. The molecule has 0 saturated carbocycles. The van der Waals surface area contributed by atoms with E-state index in [-0.39, 0.29) is 17.4 Å². The van der Waals surface area contributed by atoms with Gasteiger partial charge in [-0.2, -0.15) is 0 Å². The monoisotopic (exact) mass is 326 g/mol. The number of carbonyl (C=O) groups is 2. The van der Waals surface area contributed by atoms with Crippen LogP contribution in [0.3, 0.4) is 0 Å². The number of carbonyl (C=O) groups excluding carboxylic acids is 1. The fourth-order valence-electron chi connectivity index (χ4n) is 2.14. The number of anilines is 1. The minimum atomic E-state index is -0.993. The SMILES string of the molecule is C[C@@H]1CNC[C@H]1C(=O)Nc1ccc(C(=O)O)cc1Br. The number of carboxylic acid groups (broad SMARTS) is 1. The summed E-state index contributed by atoms with van der Waals surface area (Å²) in [6, 6.07) is 4.55. The molecule has 0 bridgehead atoms. The summed E-state index contributed by atoms with van der Waals surface area (Å²) in [5, 5.41) is 14.9. The van der Waals surface area contributed by atoms with Gasteiger partial charge in [-0.1, -0.05) is 6.92 Å². The molecule has 2 rings (SSSR count). The summed E-state index contributed by atoms with van der Waals surface area (Å²) in [6.45, 7) is 3.56. The van der Waals surface area contributed by atoms with E-state index in [0.717, 1.165) is 6.54 Å². The van der Waals surface area contributed by atoms with E-state index in [4.69, 9.17) is 5.11 Å². The molecule has 0 radical (unpaired) electrons. The quantitative estimate of drug-likeness (QED) is 0.793. The summed E-state index contributed by atoms with van der Waals surface area (Å²) in [6.07, 6.45) is 0. The highest BCUT2D eigenvalue weighted by Gasteiger charge is 2.29. The zero-order valence-corrected chi connectivity index (χ0v) is 12.0. The van der Waals surface area contributed by atoms with Gasteiger partial charge in [-0.15, -0.1) is 0 Å². The second-order valence-electron chi connectivity index (χ2n) is 4.73. The number of hydrogen-bond acceptors (Lipinski definition) is 3. The van der Waals surface area contributed by atoms with Crippen LogP contribution in [-0.2, 0) is 4.79 Å². The van der Waals surface area contributed by atoms with Crippen LogP contribution in [0.4, 0.5) is 5.69 Å². The van der Waals surface area contributed by atoms with E-state index in [0.29, 0.717) is 22.6 Å². The molecule has 5 nitrogen and oxygen atoms in total. The van der Waals surface area contributed by atoms with Gasteiger partial charge in [0.1, 0.15) is 0 Å². The Balaban J connectivity index is 2.11. The predicted octanol–water partition coefficient (Wildman–Crippen LogP) is 1.94. The van der Waals surface area contributed by atoms with Crippen LogP contribution in [0.1, 0.15) is 17.3 Å². The van der Waals surface area contributed by atoms with Gasteiger partial charge in [0.15, 0.2) is 0 Å². The van der Waals surface area contributed by atoms with Crippen LogP contribution in [0.2, 0.25) is 0 Å². The Bertz CT molecular complexity index is 519. The number of halogens is 1. The van der Waals surface area contributed by atoms with Crippen LogP contribution in [0.5, 0.6) is 0 Å². The van der Waals surface area contributed by atoms with Gasteiger partial charge in [-0.3, -0.25) is 4.79 Å². The molecule has 0 spiro atoms. The maximum atomic E-state index is 12.1.